The number of ketones is 1. The molecule has 9 heteroatoms. The van der Waals surface area contributed by atoms with Crippen LogP contribution in [0, 0.1) is 11.8 Å². The van der Waals surface area contributed by atoms with Crippen molar-refractivity contribution >= 4 is 34.4 Å². The van der Waals surface area contributed by atoms with E-state index in [1.54, 1.807) is 0 Å². The summed E-state index contributed by atoms with van der Waals surface area (Å²) in [6.07, 6.45) is 3.38. The van der Waals surface area contributed by atoms with Crippen molar-refractivity contribution in [1.82, 2.24) is 25.8 Å². The fraction of sp³-hybridized carbons (Fsp3) is 0.355. The maximum Gasteiger partial charge on any atom is 0.289 e. The SMILES string of the molecule is C=CC1CC(CNC(CC2CCNC2=O)C(=O)C(=O)NCc2ccccc2)N(C(=O)c2cc3ccccc3[nH]2)C1. The molecule has 5 rings (SSSR count). The van der Waals surface area contributed by atoms with Crippen LogP contribution in [0.5, 0.6) is 0 Å². The summed E-state index contributed by atoms with van der Waals surface area (Å²) in [7, 11) is 0. The molecule has 2 aliphatic rings. The molecule has 0 bridgehead atoms. The number of H-pyrrole nitrogens is 1. The Hall–Kier alpha value is -4.24. The molecule has 4 N–H and O–H groups in total. The van der Waals surface area contributed by atoms with Crippen LogP contribution >= 0.6 is 0 Å². The third-order valence-electron chi connectivity index (χ3n) is 7.92. The summed E-state index contributed by atoms with van der Waals surface area (Å²) in [4.78, 5) is 57.1. The van der Waals surface area contributed by atoms with E-state index in [2.05, 4.69) is 27.5 Å². The molecule has 9 nitrogen and oxygen atoms in total. The Balaban J connectivity index is 1.28. The van der Waals surface area contributed by atoms with Gasteiger partial charge in [-0.05, 0) is 42.9 Å². The lowest BCUT2D eigenvalue weighted by molar-refractivity contribution is -0.139. The number of aromatic amines is 1. The Kier molecular flexibility index (Phi) is 8.40. The van der Waals surface area contributed by atoms with Crippen molar-refractivity contribution in [3.05, 3.63) is 84.6 Å². The lowest BCUT2D eigenvalue weighted by Crippen LogP contribution is -2.50. The minimum absolute atomic E-state index is 0.104. The smallest absolute Gasteiger partial charge is 0.289 e. The zero-order valence-corrected chi connectivity index (χ0v) is 22.4. The van der Waals surface area contributed by atoms with Crippen LogP contribution in [0.4, 0.5) is 0 Å². The van der Waals surface area contributed by atoms with E-state index in [0.717, 1.165) is 16.5 Å². The fourth-order valence-electron chi connectivity index (χ4n) is 5.65. The first-order chi connectivity index (χ1) is 19.4. The number of hydrogen-bond acceptors (Lipinski definition) is 5. The molecule has 40 heavy (non-hydrogen) atoms. The Morgan fingerprint density at radius 1 is 1.10 bits per heavy atom. The number of carbonyl (C=O) groups is 4. The van der Waals surface area contributed by atoms with Gasteiger partial charge in [0, 0.05) is 49.0 Å². The van der Waals surface area contributed by atoms with Gasteiger partial charge in [0.1, 0.15) is 5.69 Å². The van der Waals surface area contributed by atoms with E-state index in [1.807, 2.05) is 71.6 Å². The number of carbonyl (C=O) groups excluding carboxylic acids is 4. The van der Waals surface area contributed by atoms with Gasteiger partial charge >= 0.3 is 0 Å². The molecule has 0 saturated carbocycles. The van der Waals surface area contributed by atoms with Crippen molar-refractivity contribution in [1.29, 1.82) is 0 Å². The highest BCUT2D eigenvalue weighted by Gasteiger charge is 2.37. The highest BCUT2D eigenvalue weighted by molar-refractivity contribution is 6.38. The van der Waals surface area contributed by atoms with Crippen LogP contribution in [0.15, 0.2) is 73.3 Å². The molecule has 2 aliphatic heterocycles. The molecular weight excluding hydrogens is 506 g/mol. The molecule has 2 saturated heterocycles. The lowest BCUT2D eigenvalue weighted by Gasteiger charge is -2.27. The minimum atomic E-state index is -0.850. The van der Waals surface area contributed by atoms with Gasteiger partial charge in [-0.25, -0.2) is 0 Å². The molecule has 208 valence electrons. The van der Waals surface area contributed by atoms with E-state index in [0.29, 0.717) is 38.2 Å². The first kappa shape index (κ1) is 27.3. The van der Waals surface area contributed by atoms with Crippen LogP contribution in [0.3, 0.4) is 0 Å². The number of Topliss-reactive ketones (excluding diaryl/α,β-unsaturated/α-hetero) is 1. The Morgan fingerprint density at radius 3 is 2.60 bits per heavy atom. The summed E-state index contributed by atoms with van der Waals surface area (Å²) in [5, 5.41) is 9.74. The van der Waals surface area contributed by atoms with E-state index < -0.39 is 17.7 Å². The van der Waals surface area contributed by atoms with E-state index in [1.165, 1.54) is 0 Å². The van der Waals surface area contributed by atoms with Gasteiger partial charge in [-0.15, -0.1) is 6.58 Å². The summed E-state index contributed by atoms with van der Waals surface area (Å²) < 4.78 is 0. The van der Waals surface area contributed by atoms with Crippen molar-refractivity contribution in [2.45, 2.75) is 37.9 Å². The fourth-order valence-corrected chi connectivity index (χ4v) is 5.65. The molecule has 3 aromatic rings. The van der Waals surface area contributed by atoms with Crippen molar-refractivity contribution in [2.75, 3.05) is 19.6 Å². The van der Waals surface area contributed by atoms with Gasteiger partial charge in [-0.3, -0.25) is 19.2 Å². The van der Waals surface area contributed by atoms with Crippen LogP contribution in [0.2, 0.25) is 0 Å². The molecule has 3 amide bonds. The van der Waals surface area contributed by atoms with Crippen molar-refractivity contribution in [3.63, 3.8) is 0 Å². The third kappa shape index (κ3) is 6.15. The second-order valence-corrected chi connectivity index (χ2v) is 10.6. The van der Waals surface area contributed by atoms with Crippen molar-refractivity contribution in [2.24, 2.45) is 11.8 Å². The van der Waals surface area contributed by atoms with Crippen LogP contribution in [-0.4, -0.2) is 65.1 Å². The zero-order chi connectivity index (χ0) is 28.1. The van der Waals surface area contributed by atoms with E-state index in [-0.39, 0.29) is 42.7 Å². The monoisotopic (exact) mass is 541 g/mol. The number of aromatic nitrogens is 1. The second-order valence-electron chi connectivity index (χ2n) is 10.6. The van der Waals surface area contributed by atoms with Gasteiger partial charge in [0.25, 0.3) is 11.8 Å². The van der Waals surface area contributed by atoms with Crippen molar-refractivity contribution in [3.8, 4) is 0 Å². The first-order valence-corrected chi connectivity index (χ1v) is 13.8. The molecular formula is C31H35N5O4. The van der Waals surface area contributed by atoms with Crippen LogP contribution < -0.4 is 16.0 Å². The molecule has 4 atom stereocenters. The van der Waals surface area contributed by atoms with Gasteiger partial charge in [0.15, 0.2) is 0 Å². The van der Waals surface area contributed by atoms with Gasteiger partial charge in [-0.2, -0.15) is 0 Å². The van der Waals surface area contributed by atoms with Gasteiger partial charge in [0.2, 0.25) is 11.7 Å². The first-order valence-electron chi connectivity index (χ1n) is 13.8. The van der Waals surface area contributed by atoms with E-state index >= 15 is 0 Å². The summed E-state index contributed by atoms with van der Waals surface area (Å²) in [6.45, 7) is 5.55. The lowest BCUT2D eigenvalue weighted by atomic mass is 9.95. The highest BCUT2D eigenvalue weighted by Crippen LogP contribution is 2.27. The Morgan fingerprint density at radius 2 is 1.88 bits per heavy atom. The number of nitrogens with one attached hydrogen (secondary N) is 4. The van der Waals surface area contributed by atoms with Crippen LogP contribution in [0.25, 0.3) is 10.9 Å². The number of nitrogens with zero attached hydrogens (tertiary/aromatic N) is 1. The van der Waals surface area contributed by atoms with Crippen molar-refractivity contribution < 1.29 is 19.2 Å². The third-order valence-corrected chi connectivity index (χ3v) is 7.92. The highest BCUT2D eigenvalue weighted by atomic mass is 16.2. The number of rotatable bonds is 11. The quantitative estimate of drug-likeness (QED) is 0.220. The maximum absolute atomic E-state index is 13.6. The zero-order valence-electron chi connectivity index (χ0n) is 22.4. The molecule has 2 fully saturated rings. The molecule has 1 aromatic heterocycles. The molecule has 0 aliphatic carbocycles. The Labute approximate surface area is 233 Å². The average molecular weight is 542 g/mol. The molecule has 4 unspecified atom stereocenters. The Bertz CT molecular complexity index is 1370. The van der Waals surface area contributed by atoms with Gasteiger partial charge in [-0.1, -0.05) is 54.6 Å². The largest absolute Gasteiger partial charge is 0.356 e. The predicted octanol–water partition coefficient (Wildman–Crippen LogP) is 2.55. The average Bonchev–Trinajstić information content (AvgIpc) is 3.71. The van der Waals surface area contributed by atoms with E-state index in [9.17, 15) is 19.2 Å². The maximum atomic E-state index is 13.6. The number of fused-ring (bicyclic) bond motifs is 1. The summed E-state index contributed by atoms with van der Waals surface area (Å²) in [6, 6.07) is 17.9. The number of amides is 3. The van der Waals surface area contributed by atoms with Crippen LogP contribution in [0.1, 0.15) is 35.3 Å². The standard InChI is InChI=1S/C31H35N5O4/c1-2-20-14-24(36(19-20)31(40)27-15-22-10-6-7-11-25(22)35-27)18-33-26(16-23-12-13-32-29(23)38)28(37)30(39)34-17-21-8-4-3-5-9-21/h2-11,15,20,23-24,26,33,35H,1,12-14,16-19H2,(H,32,38)(H,34,39). The molecule has 3 heterocycles. The predicted molar refractivity (Wildman–Crippen MR) is 152 cm³/mol. The molecule has 0 radical (unpaired) electrons. The number of benzene rings is 2. The second kappa shape index (κ2) is 12.3. The van der Waals surface area contributed by atoms with Crippen LogP contribution in [-0.2, 0) is 20.9 Å². The number of hydrogen-bond donors (Lipinski definition) is 4. The number of likely N-dealkylation sites (tertiary alicyclic amines) is 1. The topological polar surface area (TPSA) is 123 Å². The summed E-state index contributed by atoms with van der Waals surface area (Å²) in [5.41, 5.74) is 2.28. The van der Waals surface area contributed by atoms with Gasteiger partial charge in [0.05, 0.1) is 6.04 Å². The molecule has 0 spiro atoms. The van der Waals surface area contributed by atoms with Gasteiger partial charge < -0.3 is 25.8 Å². The molecule has 2 aromatic carbocycles. The summed E-state index contributed by atoms with van der Waals surface area (Å²) >= 11 is 0. The van der Waals surface area contributed by atoms with E-state index in [4.69, 9.17) is 0 Å². The normalized spacial score (nSPS) is 21.2. The minimum Gasteiger partial charge on any atom is -0.356 e. The summed E-state index contributed by atoms with van der Waals surface area (Å²) in [5.74, 6) is -1.76. The number of para-hydroxylation sites is 1.